The van der Waals surface area contributed by atoms with E-state index in [4.69, 9.17) is 27.9 Å². The van der Waals surface area contributed by atoms with E-state index in [2.05, 4.69) is 11.4 Å². The lowest BCUT2D eigenvalue weighted by molar-refractivity contribution is -0.130. The summed E-state index contributed by atoms with van der Waals surface area (Å²) in [6.07, 6.45) is 0.472. The van der Waals surface area contributed by atoms with E-state index in [0.29, 0.717) is 18.4 Å². The number of amides is 1. The topological polar surface area (TPSA) is 96.3 Å². The van der Waals surface area contributed by atoms with Crippen LogP contribution in [0.1, 0.15) is 31.2 Å². The number of nitrogens with one attached hydrogen (secondary N) is 1. The van der Waals surface area contributed by atoms with Gasteiger partial charge >= 0.3 is 0 Å². The number of halogens is 3. The summed E-state index contributed by atoms with van der Waals surface area (Å²) in [5, 5.41) is 11.3. The first-order chi connectivity index (χ1) is 15.6. The Morgan fingerprint density at radius 2 is 1.91 bits per heavy atom. The molecule has 0 radical (unpaired) electrons. The second-order valence-electron chi connectivity index (χ2n) is 8.46. The number of sulfone groups is 1. The third kappa shape index (κ3) is 5.02. The van der Waals surface area contributed by atoms with Crippen LogP contribution in [0, 0.1) is 23.1 Å². The molecule has 2 saturated carbocycles. The van der Waals surface area contributed by atoms with Crippen molar-refractivity contribution < 1.29 is 22.3 Å². The largest absolute Gasteiger partial charge is 0.373 e. The molecule has 33 heavy (non-hydrogen) atoms. The number of nitrogens with zero attached hydrogens (tertiary/aromatic N) is 1. The molecule has 1 N–H and O–H groups in total. The number of benzene rings is 2. The number of hydrogen-bond acceptors (Lipinski definition) is 5. The number of carbonyl (C=O) groups is 1. The molecule has 3 atom stereocenters. The van der Waals surface area contributed by atoms with Gasteiger partial charge in [0, 0.05) is 0 Å². The Kier molecular flexibility index (Phi) is 6.70. The van der Waals surface area contributed by atoms with Crippen LogP contribution in [0.4, 0.5) is 4.39 Å². The Bertz CT molecular complexity index is 1230. The maximum absolute atomic E-state index is 13.8. The van der Waals surface area contributed by atoms with Gasteiger partial charge in [-0.2, -0.15) is 5.26 Å². The van der Waals surface area contributed by atoms with E-state index >= 15 is 0 Å². The maximum atomic E-state index is 13.8. The molecular formula is C23H21Cl2FN2O4S. The van der Waals surface area contributed by atoms with Crippen molar-refractivity contribution in [1.29, 1.82) is 5.26 Å². The first-order valence-electron chi connectivity index (χ1n) is 10.4. The van der Waals surface area contributed by atoms with Crippen LogP contribution in [0.5, 0.6) is 0 Å². The van der Waals surface area contributed by atoms with Crippen LogP contribution in [-0.2, 0) is 26.0 Å². The predicted molar refractivity (Wildman–Crippen MR) is 121 cm³/mol. The van der Waals surface area contributed by atoms with E-state index in [9.17, 15) is 22.9 Å². The van der Waals surface area contributed by atoms with Gasteiger partial charge in [0.2, 0.25) is 5.91 Å². The van der Waals surface area contributed by atoms with Crippen LogP contribution in [0.2, 0.25) is 10.0 Å². The highest BCUT2D eigenvalue weighted by atomic mass is 35.5. The third-order valence-electron chi connectivity index (χ3n) is 6.15. The quantitative estimate of drug-likeness (QED) is 0.593. The van der Waals surface area contributed by atoms with Gasteiger partial charge in [0.05, 0.1) is 44.9 Å². The summed E-state index contributed by atoms with van der Waals surface area (Å²) in [4.78, 5) is 13.0. The molecule has 10 heteroatoms. The average Bonchev–Trinajstić information content (AvgIpc) is 3.41. The number of hydrogen-bond donors (Lipinski definition) is 1. The number of rotatable bonds is 7. The van der Waals surface area contributed by atoms with Gasteiger partial charge in [0.25, 0.3) is 0 Å². The second-order valence-corrected chi connectivity index (χ2v) is 11.5. The maximum Gasteiger partial charge on any atom is 0.227 e. The standard InChI is InChI=1S/C23H21Cl2FN2O4S/c24-17-6-5-14(9-19(17)26)12-32-20-11-15(33(30,31)21-4-2-1-3-18(21)25)10-16(20)22(29)28-23(13-27)7-8-23/h1-6,9,15-16,20H,7-8,10-12H2,(H,28,29)/t15-,16?,20-/m0/s1. The van der Waals surface area contributed by atoms with Gasteiger partial charge in [0.15, 0.2) is 9.84 Å². The molecule has 0 bridgehead atoms. The van der Waals surface area contributed by atoms with Crippen LogP contribution in [-0.4, -0.2) is 31.2 Å². The molecule has 2 aromatic carbocycles. The lowest BCUT2D eigenvalue weighted by atomic mass is 10.0. The van der Waals surface area contributed by atoms with Crippen molar-refractivity contribution in [1.82, 2.24) is 5.32 Å². The van der Waals surface area contributed by atoms with Crippen LogP contribution < -0.4 is 5.32 Å². The van der Waals surface area contributed by atoms with E-state index < -0.39 is 44.4 Å². The van der Waals surface area contributed by atoms with E-state index in [-0.39, 0.29) is 34.4 Å². The summed E-state index contributed by atoms with van der Waals surface area (Å²) >= 11 is 11.9. The van der Waals surface area contributed by atoms with Crippen molar-refractivity contribution in [3.63, 3.8) is 0 Å². The van der Waals surface area contributed by atoms with E-state index in [1.54, 1.807) is 18.2 Å². The van der Waals surface area contributed by atoms with Crippen molar-refractivity contribution in [2.24, 2.45) is 5.92 Å². The Labute approximate surface area is 201 Å². The van der Waals surface area contributed by atoms with E-state index in [1.807, 2.05) is 0 Å². The molecule has 2 aliphatic rings. The molecule has 1 amide bonds. The lowest BCUT2D eigenvalue weighted by Crippen LogP contribution is -2.42. The summed E-state index contributed by atoms with van der Waals surface area (Å²) in [6.45, 7) is -0.0230. The Hall–Kier alpha value is -2.18. The summed E-state index contributed by atoms with van der Waals surface area (Å²) in [5.41, 5.74) is -0.384. The zero-order valence-corrected chi connectivity index (χ0v) is 19.8. The zero-order valence-electron chi connectivity index (χ0n) is 17.4. The molecule has 2 aromatic rings. The predicted octanol–water partition coefficient (Wildman–Crippen LogP) is 4.44. The molecule has 2 fully saturated rings. The second kappa shape index (κ2) is 9.22. The first-order valence-corrected chi connectivity index (χ1v) is 12.7. The number of carbonyl (C=O) groups excluding carboxylic acids is 1. The Morgan fingerprint density at radius 1 is 1.18 bits per heavy atom. The molecular weight excluding hydrogens is 490 g/mol. The average molecular weight is 511 g/mol. The number of nitriles is 1. The van der Waals surface area contributed by atoms with Crippen molar-refractivity contribution in [3.8, 4) is 6.07 Å². The summed E-state index contributed by atoms with van der Waals surface area (Å²) < 4.78 is 46.3. The highest BCUT2D eigenvalue weighted by Gasteiger charge is 2.50. The summed E-state index contributed by atoms with van der Waals surface area (Å²) in [5.74, 6) is -1.80. The van der Waals surface area contributed by atoms with Crippen LogP contribution in [0.25, 0.3) is 0 Å². The van der Waals surface area contributed by atoms with Crippen molar-refractivity contribution in [3.05, 3.63) is 63.9 Å². The molecule has 2 aliphatic carbocycles. The molecule has 0 aromatic heterocycles. The minimum Gasteiger partial charge on any atom is -0.373 e. The fourth-order valence-electron chi connectivity index (χ4n) is 4.07. The lowest BCUT2D eigenvalue weighted by Gasteiger charge is -2.21. The van der Waals surface area contributed by atoms with Gasteiger partial charge in [-0.3, -0.25) is 4.79 Å². The monoisotopic (exact) mass is 510 g/mol. The van der Waals surface area contributed by atoms with E-state index in [0.717, 1.165) is 0 Å². The van der Waals surface area contributed by atoms with Gasteiger partial charge in [-0.05, 0) is 55.5 Å². The Morgan fingerprint density at radius 3 is 2.55 bits per heavy atom. The molecule has 1 unspecified atom stereocenters. The molecule has 174 valence electrons. The van der Waals surface area contributed by atoms with Crippen molar-refractivity contribution in [2.45, 2.75) is 54.1 Å². The molecule has 4 rings (SSSR count). The minimum atomic E-state index is -3.83. The van der Waals surface area contributed by atoms with Gasteiger partial charge in [-0.1, -0.05) is 41.4 Å². The normalized spacial score (nSPS) is 23.6. The summed E-state index contributed by atoms with van der Waals surface area (Å²) in [6, 6.07) is 12.5. The van der Waals surface area contributed by atoms with E-state index in [1.165, 1.54) is 24.3 Å². The van der Waals surface area contributed by atoms with Gasteiger partial charge < -0.3 is 10.1 Å². The molecule has 0 aliphatic heterocycles. The fourth-order valence-corrected chi connectivity index (χ4v) is 6.52. The fraction of sp³-hybridized carbons (Fsp3) is 0.391. The molecule has 0 spiro atoms. The SMILES string of the molecule is N#CC1(NC(=O)C2C[C@H](S(=O)(=O)c3ccccc3Cl)C[C@@H]2OCc2ccc(Cl)c(F)c2)CC1. The third-order valence-corrected chi connectivity index (χ3v) is 9.13. The van der Waals surface area contributed by atoms with Crippen molar-refractivity contribution >= 4 is 38.9 Å². The molecule has 6 nitrogen and oxygen atoms in total. The highest BCUT2D eigenvalue weighted by Crippen LogP contribution is 2.40. The zero-order chi connectivity index (χ0) is 23.8. The van der Waals surface area contributed by atoms with Crippen molar-refractivity contribution in [2.75, 3.05) is 0 Å². The van der Waals surface area contributed by atoms with Crippen LogP contribution in [0.3, 0.4) is 0 Å². The van der Waals surface area contributed by atoms with Gasteiger partial charge in [0.1, 0.15) is 11.4 Å². The van der Waals surface area contributed by atoms with Gasteiger partial charge in [-0.25, -0.2) is 12.8 Å². The van der Waals surface area contributed by atoms with Crippen LogP contribution in [0.15, 0.2) is 47.4 Å². The smallest absolute Gasteiger partial charge is 0.227 e. The molecule has 0 saturated heterocycles. The highest BCUT2D eigenvalue weighted by molar-refractivity contribution is 7.92. The van der Waals surface area contributed by atoms with Gasteiger partial charge in [-0.15, -0.1) is 0 Å². The summed E-state index contributed by atoms with van der Waals surface area (Å²) in [7, 11) is -3.83. The number of ether oxygens (including phenoxy) is 1. The Balaban J connectivity index is 1.56. The van der Waals surface area contributed by atoms with Crippen LogP contribution >= 0.6 is 23.2 Å². The first kappa shape index (κ1) is 24.0. The minimum absolute atomic E-state index is 0.00642. The molecule has 0 heterocycles.